The molecule has 0 atom stereocenters. The molecule has 11 heavy (non-hydrogen) atoms. The van der Waals surface area contributed by atoms with Crippen LogP contribution < -0.4 is 0 Å². The van der Waals surface area contributed by atoms with Crippen LogP contribution in [-0.4, -0.2) is 12.0 Å². The van der Waals surface area contributed by atoms with Gasteiger partial charge < -0.3 is 9.15 Å². The summed E-state index contributed by atoms with van der Waals surface area (Å²) in [6.45, 7) is 0.260. The topological polar surface area (TPSA) is 39.4 Å². The van der Waals surface area contributed by atoms with E-state index in [1.807, 2.05) is 6.07 Å². The van der Waals surface area contributed by atoms with Crippen LogP contribution >= 0.6 is 11.6 Å². The van der Waals surface area contributed by atoms with Gasteiger partial charge in [-0.05, 0) is 12.1 Å². The molecule has 1 rings (SSSR count). The maximum Gasteiger partial charge on any atom is 0.403 e. The van der Waals surface area contributed by atoms with Crippen LogP contribution in [0.4, 0.5) is 4.79 Å². The smallest absolute Gasteiger partial charge is 0.403 e. The van der Waals surface area contributed by atoms with Crippen LogP contribution in [0.25, 0.3) is 0 Å². The Morgan fingerprint density at radius 2 is 2.55 bits per heavy atom. The summed E-state index contributed by atoms with van der Waals surface area (Å²) in [5.74, 6) is 0.780. The van der Waals surface area contributed by atoms with Gasteiger partial charge in [0.25, 0.3) is 0 Å². The van der Waals surface area contributed by atoms with Crippen molar-refractivity contribution in [1.29, 1.82) is 0 Å². The molecule has 0 N–H and O–H groups in total. The Hall–Kier alpha value is -0.960. The SMILES string of the molecule is O=C(Cl)OCCc1ccco1. The van der Waals surface area contributed by atoms with E-state index in [0.717, 1.165) is 5.76 Å². The quantitative estimate of drug-likeness (QED) is 0.660. The van der Waals surface area contributed by atoms with E-state index in [1.54, 1.807) is 12.3 Å². The molecule has 0 saturated carbocycles. The van der Waals surface area contributed by atoms with Crippen molar-refractivity contribution in [2.45, 2.75) is 6.42 Å². The molecule has 1 heterocycles. The molecule has 0 fully saturated rings. The van der Waals surface area contributed by atoms with E-state index in [2.05, 4.69) is 4.74 Å². The standard InChI is InChI=1S/C7H7ClO3/c8-7(9)11-5-3-6-2-1-4-10-6/h1-2,4H,3,5H2. The monoisotopic (exact) mass is 174 g/mol. The van der Waals surface area contributed by atoms with Crippen molar-refractivity contribution in [1.82, 2.24) is 0 Å². The second kappa shape index (κ2) is 4.03. The summed E-state index contributed by atoms with van der Waals surface area (Å²) in [5, 5.41) is 0. The van der Waals surface area contributed by atoms with E-state index in [9.17, 15) is 4.79 Å². The molecule has 0 aliphatic heterocycles. The summed E-state index contributed by atoms with van der Waals surface area (Å²) in [4.78, 5) is 10.1. The molecule has 1 aromatic rings. The summed E-state index contributed by atoms with van der Waals surface area (Å²) in [5.41, 5.74) is -0.781. The van der Waals surface area contributed by atoms with Crippen LogP contribution in [0.1, 0.15) is 5.76 Å². The first-order valence-corrected chi connectivity index (χ1v) is 3.51. The Balaban J connectivity index is 2.19. The fraction of sp³-hybridized carbons (Fsp3) is 0.286. The van der Waals surface area contributed by atoms with E-state index in [4.69, 9.17) is 16.0 Å². The van der Waals surface area contributed by atoms with E-state index in [-0.39, 0.29) is 6.61 Å². The summed E-state index contributed by atoms with van der Waals surface area (Å²) in [6, 6.07) is 3.58. The Bertz CT molecular complexity index is 218. The van der Waals surface area contributed by atoms with Gasteiger partial charge in [-0.15, -0.1) is 0 Å². The number of hydrogen-bond acceptors (Lipinski definition) is 3. The Morgan fingerprint density at radius 1 is 1.73 bits per heavy atom. The van der Waals surface area contributed by atoms with Crippen LogP contribution in [-0.2, 0) is 11.2 Å². The van der Waals surface area contributed by atoms with Crippen molar-refractivity contribution in [3.05, 3.63) is 24.2 Å². The zero-order valence-electron chi connectivity index (χ0n) is 5.75. The lowest BCUT2D eigenvalue weighted by atomic mass is 10.3. The summed E-state index contributed by atoms with van der Waals surface area (Å²) in [6.07, 6.45) is 2.13. The Morgan fingerprint density at radius 3 is 3.09 bits per heavy atom. The van der Waals surface area contributed by atoms with E-state index < -0.39 is 5.43 Å². The molecule has 0 bridgehead atoms. The van der Waals surface area contributed by atoms with Crippen molar-refractivity contribution >= 4 is 17.0 Å². The van der Waals surface area contributed by atoms with Crippen molar-refractivity contribution in [2.75, 3.05) is 6.61 Å². The molecule has 0 unspecified atom stereocenters. The zero-order valence-corrected chi connectivity index (χ0v) is 6.50. The fourth-order valence-electron chi connectivity index (χ4n) is 0.687. The highest BCUT2D eigenvalue weighted by Gasteiger charge is 1.98. The van der Waals surface area contributed by atoms with Gasteiger partial charge in [0.2, 0.25) is 0 Å². The number of carbonyl (C=O) groups excluding carboxylic acids is 1. The van der Waals surface area contributed by atoms with Gasteiger partial charge in [0.15, 0.2) is 0 Å². The van der Waals surface area contributed by atoms with Crippen LogP contribution in [0.15, 0.2) is 22.8 Å². The average Bonchev–Trinajstić information content (AvgIpc) is 2.39. The first kappa shape index (κ1) is 8.14. The highest BCUT2D eigenvalue weighted by atomic mass is 35.5. The third kappa shape index (κ3) is 3.09. The Labute approximate surface area is 68.9 Å². The van der Waals surface area contributed by atoms with Gasteiger partial charge >= 0.3 is 5.43 Å². The predicted octanol–water partition coefficient (Wildman–Crippen LogP) is 2.20. The van der Waals surface area contributed by atoms with Crippen molar-refractivity contribution in [2.24, 2.45) is 0 Å². The number of furan rings is 1. The van der Waals surface area contributed by atoms with Crippen LogP contribution in [0.5, 0.6) is 0 Å². The third-order valence-electron chi connectivity index (χ3n) is 1.14. The molecule has 0 amide bonds. The molecular weight excluding hydrogens is 168 g/mol. The van der Waals surface area contributed by atoms with Crippen LogP contribution in [0, 0.1) is 0 Å². The minimum absolute atomic E-state index is 0.260. The van der Waals surface area contributed by atoms with Gasteiger partial charge in [-0.25, -0.2) is 4.79 Å². The summed E-state index contributed by atoms with van der Waals surface area (Å²) < 4.78 is 9.46. The van der Waals surface area contributed by atoms with E-state index >= 15 is 0 Å². The largest absolute Gasteiger partial charge is 0.469 e. The lowest BCUT2D eigenvalue weighted by molar-refractivity contribution is 0.173. The first-order chi connectivity index (χ1) is 5.29. The molecule has 0 aromatic carbocycles. The molecule has 1 aromatic heterocycles. The first-order valence-electron chi connectivity index (χ1n) is 3.13. The second-order valence-electron chi connectivity index (χ2n) is 1.92. The number of halogens is 1. The minimum Gasteiger partial charge on any atom is -0.469 e. The van der Waals surface area contributed by atoms with Crippen LogP contribution in [0.2, 0.25) is 0 Å². The maximum absolute atomic E-state index is 10.1. The number of ether oxygens (including phenoxy) is 1. The van der Waals surface area contributed by atoms with E-state index in [1.165, 1.54) is 0 Å². The Kier molecular flexibility index (Phi) is 2.98. The molecule has 60 valence electrons. The number of carbonyl (C=O) groups is 1. The molecule has 0 aliphatic carbocycles. The molecule has 0 radical (unpaired) electrons. The molecule has 0 spiro atoms. The second-order valence-corrected chi connectivity index (χ2v) is 2.22. The summed E-state index contributed by atoms with van der Waals surface area (Å²) >= 11 is 4.93. The average molecular weight is 175 g/mol. The van der Waals surface area contributed by atoms with Gasteiger partial charge in [0.1, 0.15) is 5.76 Å². The zero-order chi connectivity index (χ0) is 8.10. The van der Waals surface area contributed by atoms with Gasteiger partial charge in [0, 0.05) is 18.0 Å². The predicted molar refractivity (Wildman–Crippen MR) is 39.6 cm³/mol. The lowest BCUT2D eigenvalue weighted by Crippen LogP contribution is -1.98. The lowest BCUT2D eigenvalue weighted by Gasteiger charge is -1.96. The molecule has 3 nitrogen and oxygen atoms in total. The van der Waals surface area contributed by atoms with Crippen molar-refractivity contribution in [3.8, 4) is 0 Å². The maximum atomic E-state index is 10.1. The van der Waals surface area contributed by atoms with Gasteiger partial charge in [0.05, 0.1) is 12.9 Å². The third-order valence-corrected chi connectivity index (χ3v) is 1.25. The van der Waals surface area contributed by atoms with Crippen molar-refractivity contribution < 1.29 is 13.9 Å². The molecule has 0 aliphatic rings. The van der Waals surface area contributed by atoms with Crippen LogP contribution in [0.3, 0.4) is 0 Å². The van der Waals surface area contributed by atoms with E-state index in [0.29, 0.717) is 6.42 Å². The summed E-state index contributed by atoms with van der Waals surface area (Å²) in [7, 11) is 0. The minimum atomic E-state index is -0.781. The highest BCUT2D eigenvalue weighted by Crippen LogP contribution is 2.01. The molecular formula is C7H7ClO3. The molecule has 0 saturated heterocycles. The highest BCUT2D eigenvalue weighted by molar-refractivity contribution is 6.61. The number of hydrogen-bond donors (Lipinski definition) is 0. The van der Waals surface area contributed by atoms with Crippen molar-refractivity contribution in [3.63, 3.8) is 0 Å². The molecule has 4 heteroatoms. The van der Waals surface area contributed by atoms with Gasteiger partial charge in [-0.1, -0.05) is 0 Å². The van der Waals surface area contributed by atoms with Gasteiger partial charge in [-0.3, -0.25) is 0 Å². The normalized spacial score (nSPS) is 9.55. The number of rotatable bonds is 3. The van der Waals surface area contributed by atoms with Gasteiger partial charge in [-0.2, -0.15) is 0 Å². The fourth-order valence-corrected chi connectivity index (χ4v) is 0.764.